The van der Waals surface area contributed by atoms with Crippen molar-refractivity contribution < 1.29 is 66.9 Å². The number of aryl methyl sites for hydroxylation is 1. The number of methoxy groups -OCH3 is 2. The van der Waals surface area contributed by atoms with E-state index in [2.05, 4.69) is 21.3 Å². The molecule has 3 aliphatic rings. The first kappa shape index (κ1) is 54.7. The van der Waals surface area contributed by atoms with Crippen LogP contribution >= 0.6 is 0 Å². The van der Waals surface area contributed by atoms with Crippen molar-refractivity contribution in [2.75, 3.05) is 45.8 Å². The Labute approximate surface area is 423 Å². The van der Waals surface area contributed by atoms with Crippen molar-refractivity contribution in [1.29, 1.82) is 0 Å². The number of carbonyl (C=O) groups is 10. The van der Waals surface area contributed by atoms with Gasteiger partial charge in [0.2, 0.25) is 29.4 Å². The maximum Gasteiger partial charge on any atom is 0.329 e. The SMILES string of the molecule is CCC(C)(C)C(=O)C(=O)N1CCCC[C@H]1C(=O)O[C@H](CCc1ccc(OC)c(OC)c1)c1ccc(NC(=O)CCC(=O)NCCCCNC(=O)COc2cccc3c2C(=O)N(C2CCC(=O)NC2=O)C3=O)cc1. The van der Waals surface area contributed by atoms with Crippen molar-refractivity contribution in [2.45, 2.75) is 116 Å². The second-order valence-corrected chi connectivity index (χ2v) is 18.7. The number of Topliss-reactive ketones (excluding diaryl/α,β-unsaturated/α-hetero) is 1. The summed E-state index contributed by atoms with van der Waals surface area (Å²) in [5.41, 5.74) is 1.09. The molecule has 20 nitrogen and oxygen atoms in total. The van der Waals surface area contributed by atoms with Gasteiger partial charge in [-0.05, 0) is 105 Å². The van der Waals surface area contributed by atoms with Crippen LogP contribution in [0, 0.1) is 5.41 Å². The number of hydrogen-bond donors (Lipinski definition) is 4. The molecule has 0 bridgehead atoms. The molecule has 6 rings (SSSR count). The smallest absolute Gasteiger partial charge is 0.329 e. The van der Waals surface area contributed by atoms with E-state index in [9.17, 15) is 47.9 Å². The number of ketones is 1. The van der Waals surface area contributed by atoms with Crippen LogP contribution < -0.4 is 35.5 Å². The number of unbranched alkanes of at least 4 members (excludes halogenated alkanes) is 1. The Morgan fingerprint density at radius 1 is 0.795 bits per heavy atom. The summed E-state index contributed by atoms with van der Waals surface area (Å²) in [5, 5.41) is 10.4. The van der Waals surface area contributed by atoms with E-state index < -0.39 is 83.3 Å². The number of rotatable bonds is 24. The first-order valence-corrected chi connectivity index (χ1v) is 24.6. The Bertz CT molecular complexity index is 2600. The summed E-state index contributed by atoms with van der Waals surface area (Å²) < 4.78 is 22.7. The van der Waals surface area contributed by atoms with Crippen molar-refractivity contribution in [3.05, 3.63) is 82.9 Å². The van der Waals surface area contributed by atoms with Gasteiger partial charge < -0.3 is 39.8 Å². The van der Waals surface area contributed by atoms with Gasteiger partial charge in [0, 0.05) is 50.0 Å². The van der Waals surface area contributed by atoms with Crippen LogP contribution in [0.3, 0.4) is 0 Å². The van der Waals surface area contributed by atoms with E-state index in [-0.39, 0.29) is 61.6 Å². The van der Waals surface area contributed by atoms with Crippen molar-refractivity contribution in [3.63, 3.8) is 0 Å². The zero-order valence-electron chi connectivity index (χ0n) is 41.9. The number of likely N-dealkylation sites (tertiary alicyclic amines) is 1. The number of benzene rings is 3. The number of anilines is 1. The summed E-state index contributed by atoms with van der Waals surface area (Å²) >= 11 is 0. The van der Waals surface area contributed by atoms with Crippen LogP contribution in [-0.2, 0) is 49.5 Å². The molecule has 390 valence electrons. The molecule has 3 atom stereocenters. The highest BCUT2D eigenvalue weighted by Gasteiger charge is 2.46. The molecule has 4 N–H and O–H groups in total. The Morgan fingerprint density at radius 2 is 1.49 bits per heavy atom. The van der Waals surface area contributed by atoms with Crippen molar-refractivity contribution >= 4 is 64.7 Å². The lowest BCUT2D eigenvalue weighted by atomic mass is 9.84. The van der Waals surface area contributed by atoms with Crippen molar-refractivity contribution in [2.24, 2.45) is 5.41 Å². The number of esters is 1. The minimum atomic E-state index is -1.14. The van der Waals surface area contributed by atoms with E-state index in [0.29, 0.717) is 80.7 Å². The molecule has 0 aromatic heterocycles. The van der Waals surface area contributed by atoms with Crippen molar-refractivity contribution in [3.8, 4) is 17.2 Å². The van der Waals surface area contributed by atoms with Crippen LogP contribution in [-0.4, -0.2) is 121 Å². The highest BCUT2D eigenvalue weighted by atomic mass is 16.5. The molecule has 3 aromatic rings. The average molecular weight is 1010 g/mol. The molecule has 8 amide bonds. The van der Waals surface area contributed by atoms with Gasteiger partial charge >= 0.3 is 5.97 Å². The number of imide groups is 2. The van der Waals surface area contributed by atoms with Gasteiger partial charge in [-0.1, -0.05) is 45.0 Å². The molecule has 0 aliphatic carbocycles. The molecular weight excluding hydrogens is 945 g/mol. The molecule has 20 heteroatoms. The molecule has 3 heterocycles. The van der Waals surface area contributed by atoms with Gasteiger partial charge in [-0.15, -0.1) is 0 Å². The third-order valence-corrected chi connectivity index (χ3v) is 13.3. The first-order valence-electron chi connectivity index (χ1n) is 24.6. The Kier molecular flexibility index (Phi) is 18.8. The van der Waals surface area contributed by atoms with Gasteiger partial charge in [0.05, 0.1) is 25.3 Å². The number of nitrogens with one attached hydrogen (secondary N) is 4. The van der Waals surface area contributed by atoms with E-state index in [4.69, 9.17) is 18.9 Å². The lowest BCUT2D eigenvalue weighted by molar-refractivity contribution is -0.164. The minimum Gasteiger partial charge on any atom is -0.493 e. The van der Waals surface area contributed by atoms with Crippen LogP contribution in [0.15, 0.2) is 60.7 Å². The van der Waals surface area contributed by atoms with Crippen LogP contribution in [0.1, 0.15) is 129 Å². The van der Waals surface area contributed by atoms with Gasteiger partial charge in [0.1, 0.15) is 23.9 Å². The van der Waals surface area contributed by atoms with Gasteiger partial charge in [-0.2, -0.15) is 0 Å². The van der Waals surface area contributed by atoms with Gasteiger partial charge in [0.25, 0.3) is 23.6 Å². The molecule has 3 aromatic carbocycles. The molecule has 1 unspecified atom stereocenters. The van der Waals surface area contributed by atoms with Crippen LogP contribution in [0.5, 0.6) is 17.2 Å². The Morgan fingerprint density at radius 3 is 2.18 bits per heavy atom. The third kappa shape index (κ3) is 13.9. The number of nitrogens with zero attached hydrogens (tertiary/aromatic N) is 2. The van der Waals surface area contributed by atoms with Gasteiger partial charge in [-0.3, -0.25) is 53.4 Å². The monoisotopic (exact) mass is 1010 g/mol. The summed E-state index contributed by atoms with van der Waals surface area (Å²) in [4.78, 5) is 131. The zero-order chi connectivity index (χ0) is 52.8. The fraction of sp³-hybridized carbons (Fsp3) is 0.472. The topological polar surface area (TPSA) is 262 Å². The highest BCUT2D eigenvalue weighted by molar-refractivity contribution is 6.38. The molecule has 2 saturated heterocycles. The first-order chi connectivity index (χ1) is 35.0. The summed E-state index contributed by atoms with van der Waals surface area (Å²) in [5.74, 6) is -4.59. The Balaban J connectivity index is 0.937. The molecule has 0 spiro atoms. The fourth-order valence-electron chi connectivity index (χ4n) is 8.67. The molecule has 73 heavy (non-hydrogen) atoms. The van der Waals surface area contributed by atoms with E-state index in [1.807, 2.05) is 19.1 Å². The third-order valence-electron chi connectivity index (χ3n) is 13.3. The zero-order valence-corrected chi connectivity index (χ0v) is 41.9. The maximum absolute atomic E-state index is 14.0. The van der Waals surface area contributed by atoms with E-state index in [0.717, 1.165) is 10.5 Å². The normalized spacial score (nSPS) is 16.9. The number of fused-ring (bicyclic) bond motifs is 1. The number of carbonyl (C=O) groups excluding carboxylic acids is 10. The summed E-state index contributed by atoms with van der Waals surface area (Å²) in [6, 6.07) is 14.7. The highest BCUT2D eigenvalue weighted by Crippen LogP contribution is 2.35. The number of ether oxygens (including phenoxy) is 4. The van der Waals surface area contributed by atoms with Crippen LogP contribution in [0.25, 0.3) is 0 Å². The van der Waals surface area contributed by atoms with Crippen LogP contribution in [0.2, 0.25) is 0 Å². The van der Waals surface area contributed by atoms with Crippen LogP contribution in [0.4, 0.5) is 5.69 Å². The van der Waals surface area contributed by atoms with E-state index in [1.165, 1.54) is 23.1 Å². The number of amides is 8. The molecule has 3 aliphatic heterocycles. The average Bonchev–Trinajstić information content (AvgIpc) is 3.64. The fourth-order valence-corrected chi connectivity index (χ4v) is 8.67. The predicted molar refractivity (Wildman–Crippen MR) is 263 cm³/mol. The van der Waals surface area contributed by atoms with E-state index >= 15 is 0 Å². The largest absolute Gasteiger partial charge is 0.493 e. The molecule has 0 radical (unpaired) electrons. The summed E-state index contributed by atoms with van der Waals surface area (Å²) in [6.45, 7) is 5.65. The second kappa shape index (κ2) is 25.1. The van der Waals surface area contributed by atoms with E-state index in [1.54, 1.807) is 58.4 Å². The number of piperidine rings is 2. The predicted octanol–water partition coefficient (Wildman–Crippen LogP) is 4.52. The minimum absolute atomic E-state index is 0.00247. The molecular formula is C53H64N6O14. The summed E-state index contributed by atoms with van der Waals surface area (Å²) in [7, 11) is 3.09. The van der Waals surface area contributed by atoms with Gasteiger partial charge in [0.15, 0.2) is 18.1 Å². The quantitative estimate of drug-likeness (QED) is 0.0417. The molecule has 2 fully saturated rings. The Hall–Kier alpha value is -7.64. The molecule has 0 saturated carbocycles. The standard InChI is InChI=1S/C53H64N6O14/c1-6-53(2,3)47(64)51(68)58-29-10-7-13-37(58)52(69)73-38(22-15-32-16-23-39(70-4)41(30-32)71-5)33-17-19-34(20-18-33)56-43(61)26-25-42(60)54-27-8-9-28-55-45(63)31-72-40-14-11-12-35-46(40)50(67)59(49(35)66)36-21-24-44(62)57-48(36)65/h11-12,14,16-20,23,30,36-38H,6-10,13,15,21-22,24-29,31H2,1-5H3,(H,54,60)(H,55,63)(H,56,61)(H,57,62,65)/t36?,37-,38+/m0/s1. The summed E-state index contributed by atoms with van der Waals surface area (Å²) in [6.07, 6.45) is 3.10. The number of hydrogen-bond acceptors (Lipinski definition) is 14. The van der Waals surface area contributed by atoms with Crippen molar-refractivity contribution in [1.82, 2.24) is 25.8 Å². The maximum atomic E-state index is 14.0. The lowest BCUT2D eigenvalue weighted by Crippen LogP contribution is -2.54. The lowest BCUT2D eigenvalue weighted by Gasteiger charge is -2.36. The van der Waals surface area contributed by atoms with Gasteiger partial charge in [-0.25, -0.2) is 4.79 Å². The second-order valence-electron chi connectivity index (χ2n) is 18.7.